The Kier molecular flexibility index (Phi) is 5.54. The van der Waals surface area contributed by atoms with Crippen LogP contribution in [0.5, 0.6) is 0 Å². The summed E-state index contributed by atoms with van der Waals surface area (Å²) in [6, 6.07) is 7.21. The minimum atomic E-state index is 0.588. The summed E-state index contributed by atoms with van der Waals surface area (Å²) in [5.41, 5.74) is 5.07. The normalized spacial score (nSPS) is 12.6. The summed E-state index contributed by atoms with van der Waals surface area (Å²) >= 11 is 1.83. The van der Waals surface area contributed by atoms with Crippen molar-refractivity contribution in [1.82, 2.24) is 10.3 Å². The number of hydrogen-bond acceptors (Lipinski definition) is 3. The highest BCUT2D eigenvalue weighted by molar-refractivity contribution is 7.12. The Morgan fingerprint density at radius 3 is 2.62 bits per heavy atom. The zero-order valence-corrected chi connectivity index (χ0v) is 14.6. The first-order valence-corrected chi connectivity index (χ1v) is 8.60. The summed E-state index contributed by atoms with van der Waals surface area (Å²) in [7, 11) is 0. The van der Waals surface area contributed by atoms with Gasteiger partial charge in [-0.05, 0) is 51.3 Å². The van der Waals surface area contributed by atoms with Gasteiger partial charge in [-0.2, -0.15) is 0 Å². The Balaban J connectivity index is 2.10. The fraction of sp³-hybridized carbons (Fsp3) is 0.500. The van der Waals surface area contributed by atoms with Crippen LogP contribution in [0, 0.1) is 20.8 Å². The zero-order valence-electron chi connectivity index (χ0n) is 13.8. The summed E-state index contributed by atoms with van der Waals surface area (Å²) in [6.07, 6.45) is 2.19. The monoisotopic (exact) mass is 302 g/mol. The van der Waals surface area contributed by atoms with E-state index in [1.165, 1.54) is 33.0 Å². The van der Waals surface area contributed by atoms with Gasteiger partial charge in [0.05, 0.1) is 10.7 Å². The Morgan fingerprint density at radius 1 is 1.19 bits per heavy atom. The smallest absolute Gasteiger partial charge is 0.0948 e. The molecule has 1 aromatic heterocycles. The Labute approximate surface area is 132 Å². The van der Waals surface area contributed by atoms with Crippen LogP contribution < -0.4 is 5.32 Å². The molecule has 0 amide bonds. The van der Waals surface area contributed by atoms with Crippen LogP contribution in [0.25, 0.3) is 11.3 Å². The van der Waals surface area contributed by atoms with Gasteiger partial charge >= 0.3 is 0 Å². The summed E-state index contributed by atoms with van der Waals surface area (Å²) in [4.78, 5) is 6.17. The van der Waals surface area contributed by atoms with Crippen molar-refractivity contribution in [1.29, 1.82) is 0 Å². The molecule has 0 aliphatic heterocycles. The van der Waals surface area contributed by atoms with E-state index in [1.807, 2.05) is 11.3 Å². The van der Waals surface area contributed by atoms with Gasteiger partial charge in [-0.1, -0.05) is 19.1 Å². The maximum Gasteiger partial charge on any atom is 0.0948 e. The fourth-order valence-corrected chi connectivity index (χ4v) is 3.24. The lowest BCUT2D eigenvalue weighted by Gasteiger charge is -2.09. The molecule has 114 valence electrons. The second kappa shape index (κ2) is 7.19. The fourth-order valence-electron chi connectivity index (χ4n) is 2.28. The van der Waals surface area contributed by atoms with Gasteiger partial charge in [-0.25, -0.2) is 4.98 Å². The Bertz CT molecular complexity index is 601. The van der Waals surface area contributed by atoms with Crippen molar-refractivity contribution in [2.45, 2.75) is 53.5 Å². The predicted octanol–water partition coefficient (Wildman–Crippen LogP) is 4.67. The number of hydrogen-bond donors (Lipinski definition) is 1. The molecule has 0 fully saturated rings. The molecule has 3 heteroatoms. The highest BCUT2D eigenvalue weighted by atomic mass is 32.1. The predicted molar refractivity (Wildman–Crippen MR) is 93.2 cm³/mol. The molecule has 1 aromatic carbocycles. The van der Waals surface area contributed by atoms with E-state index in [-0.39, 0.29) is 0 Å². The van der Waals surface area contributed by atoms with Crippen LogP contribution in [0.2, 0.25) is 0 Å². The molecular formula is C18H26N2S. The molecule has 1 atom stereocenters. The minimum absolute atomic E-state index is 0.588. The Hall–Kier alpha value is -1.19. The van der Waals surface area contributed by atoms with E-state index in [0.717, 1.165) is 18.7 Å². The molecule has 1 N–H and O–H groups in total. The highest BCUT2D eigenvalue weighted by Crippen LogP contribution is 2.29. The van der Waals surface area contributed by atoms with Crippen LogP contribution in [0.15, 0.2) is 18.2 Å². The lowest BCUT2D eigenvalue weighted by atomic mass is 10.0. The molecule has 2 rings (SSSR count). The van der Waals surface area contributed by atoms with Crippen molar-refractivity contribution in [2.24, 2.45) is 0 Å². The van der Waals surface area contributed by atoms with Crippen LogP contribution in [0.1, 0.15) is 41.3 Å². The molecule has 0 saturated heterocycles. The van der Waals surface area contributed by atoms with Gasteiger partial charge in [-0.15, -0.1) is 11.3 Å². The van der Waals surface area contributed by atoms with E-state index >= 15 is 0 Å². The minimum Gasteiger partial charge on any atom is -0.314 e. The Morgan fingerprint density at radius 2 is 1.95 bits per heavy atom. The third kappa shape index (κ3) is 4.14. The van der Waals surface area contributed by atoms with Crippen LogP contribution in [0.4, 0.5) is 0 Å². The molecular weight excluding hydrogens is 276 g/mol. The first-order valence-electron chi connectivity index (χ1n) is 7.78. The molecule has 2 aromatic rings. The van der Waals surface area contributed by atoms with Gasteiger partial charge in [-0.3, -0.25) is 0 Å². The number of aryl methyl sites for hydroxylation is 3. The molecule has 0 aliphatic carbocycles. The summed E-state index contributed by atoms with van der Waals surface area (Å²) < 4.78 is 0. The first-order chi connectivity index (χ1) is 10.0. The molecule has 21 heavy (non-hydrogen) atoms. The summed E-state index contributed by atoms with van der Waals surface area (Å²) in [5, 5.41) is 4.77. The van der Waals surface area contributed by atoms with Crippen LogP contribution >= 0.6 is 11.3 Å². The van der Waals surface area contributed by atoms with Gasteiger partial charge in [0, 0.05) is 29.4 Å². The van der Waals surface area contributed by atoms with Crippen molar-refractivity contribution in [2.75, 3.05) is 6.54 Å². The second-order valence-electron chi connectivity index (χ2n) is 5.82. The molecule has 1 heterocycles. The number of nitrogens with one attached hydrogen (secondary N) is 1. The number of benzene rings is 1. The average Bonchev–Trinajstić information content (AvgIpc) is 2.82. The van der Waals surface area contributed by atoms with Gasteiger partial charge in [0.15, 0.2) is 0 Å². The number of nitrogens with zero attached hydrogens (tertiary/aromatic N) is 1. The van der Waals surface area contributed by atoms with Gasteiger partial charge in [0.1, 0.15) is 0 Å². The summed E-state index contributed by atoms with van der Waals surface area (Å²) in [6.45, 7) is 11.9. The SMILES string of the molecule is CCC(C)NCCc1nc(-c2ccc(C)c(C)c2)c(C)s1. The molecule has 0 aliphatic rings. The van der Waals surface area contributed by atoms with E-state index in [4.69, 9.17) is 4.98 Å². The quantitative estimate of drug-likeness (QED) is 0.839. The first kappa shape index (κ1) is 16.2. The third-order valence-electron chi connectivity index (χ3n) is 4.07. The lowest BCUT2D eigenvalue weighted by molar-refractivity contribution is 0.537. The number of rotatable bonds is 6. The standard InChI is InChI=1S/C18H26N2S/c1-6-14(4)19-10-9-17-20-18(15(5)21-17)16-8-7-12(2)13(3)11-16/h7-8,11,14,19H,6,9-10H2,1-5H3. The zero-order chi connectivity index (χ0) is 15.4. The molecule has 0 bridgehead atoms. The number of thiazole rings is 1. The van der Waals surface area contributed by atoms with Gasteiger partial charge in [0.25, 0.3) is 0 Å². The van der Waals surface area contributed by atoms with E-state index < -0.39 is 0 Å². The molecule has 2 nitrogen and oxygen atoms in total. The van der Waals surface area contributed by atoms with Crippen molar-refractivity contribution in [3.8, 4) is 11.3 Å². The van der Waals surface area contributed by atoms with E-state index in [2.05, 4.69) is 58.1 Å². The van der Waals surface area contributed by atoms with Crippen molar-refractivity contribution >= 4 is 11.3 Å². The molecule has 1 unspecified atom stereocenters. The molecule has 0 saturated carbocycles. The maximum atomic E-state index is 4.85. The molecule has 0 radical (unpaired) electrons. The van der Waals surface area contributed by atoms with Crippen molar-refractivity contribution < 1.29 is 0 Å². The maximum absolute atomic E-state index is 4.85. The van der Waals surface area contributed by atoms with Gasteiger partial charge < -0.3 is 5.32 Å². The van der Waals surface area contributed by atoms with E-state index in [0.29, 0.717) is 6.04 Å². The highest BCUT2D eigenvalue weighted by Gasteiger charge is 2.10. The van der Waals surface area contributed by atoms with Gasteiger partial charge in [0.2, 0.25) is 0 Å². The topological polar surface area (TPSA) is 24.9 Å². The van der Waals surface area contributed by atoms with Crippen LogP contribution in [0.3, 0.4) is 0 Å². The van der Waals surface area contributed by atoms with E-state index in [9.17, 15) is 0 Å². The van der Waals surface area contributed by atoms with Crippen LogP contribution in [-0.2, 0) is 6.42 Å². The summed E-state index contributed by atoms with van der Waals surface area (Å²) in [5.74, 6) is 0. The third-order valence-corrected chi connectivity index (χ3v) is 5.10. The van der Waals surface area contributed by atoms with Crippen molar-refractivity contribution in [3.05, 3.63) is 39.2 Å². The largest absolute Gasteiger partial charge is 0.314 e. The number of aromatic nitrogens is 1. The molecule has 0 spiro atoms. The van der Waals surface area contributed by atoms with Crippen LogP contribution in [-0.4, -0.2) is 17.6 Å². The second-order valence-corrected chi connectivity index (χ2v) is 7.11. The average molecular weight is 302 g/mol. The van der Waals surface area contributed by atoms with Crippen molar-refractivity contribution in [3.63, 3.8) is 0 Å². The van der Waals surface area contributed by atoms with E-state index in [1.54, 1.807) is 0 Å². The lowest BCUT2D eigenvalue weighted by Crippen LogP contribution is -2.27.